The molecule has 1 aromatic carbocycles. The number of halogens is 2. The summed E-state index contributed by atoms with van der Waals surface area (Å²) in [4.78, 5) is 18.5. The van der Waals surface area contributed by atoms with Crippen molar-refractivity contribution in [2.45, 2.75) is 25.7 Å². The number of aromatic nitrogens is 2. The van der Waals surface area contributed by atoms with E-state index in [1.165, 1.54) is 25.7 Å². The van der Waals surface area contributed by atoms with Crippen LogP contribution in [0.25, 0.3) is 0 Å². The van der Waals surface area contributed by atoms with Gasteiger partial charge in [0.1, 0.15) is 11.6 Å². The number of nitrogens with two attached hydrogens (primary N) is 1. The Hall–Kier alpha value is -2.07. The molecule has 1 aromatic heterocycles. The van der Waals surface area contributed by atoms with Gasteiger partial charge in [-0.05, 0) is 63.1 Å². The van der Waals surface area contributed by atoms with E-state index in [0.717, 1.165) is 69.1 Å². The highest BCUT2D eigenvalue weighted by atomic mass is 35.5. The molecule has 11 heteroatoms. The van der Waals surface area contributed by atoms with Gasteiger partial charge in [0.15, 0.2) is 5.11 Å². The smallest absolute Gasteiger partial charge is 0.229 e. The highest BCUT2D eigenvalue weighted by Crippen LogP contribution is 2.27. The Bertz CT molecular complexity index is 977. The zero-order valence-corrected chi connectivity index (χ0v) is 22.5. The Morgan fingerprint density at radius 1 is 0.971 bits per heavy atom. The summed E-state index contributed by atoms with van der Waals surface area (Å²) >= 11 is 17.5. The number of thiocarbonyl (C=S) groups is 1. The zero-order valence-electron chi connectivity index (χ0n) is 20.2. The summed E-state index contributed by atoms with van der Waals surface area (Å²) in [7, 11) is 2.08. The molecule has 35 heavy (non-hydrogen) atoms. The highest BCUT2D eigenvalue weighted by Gasteiger charge is 2.20. The Morgan fingerprint density at radius 2 is 1.66 bits per heavy atom. The third kappa shape index (κ3) is 7.00. The summed E-state index contributed by atoms with van der Waals surface area (Å²) in [6.45, 7) is 7.24. The van der Waals surface area contributed by atoms with Crippen molar-refractivity contribution in [2.75, 3.05) is 79.4 Å². The van der Waals surface area contributed by atoms with E-state index in [9.17, 15) is 0 Å². The van der Waals surface area contributed by atoms with Crippen molar-refractivity contribution in [3.8, 4) is 0 Å². The average molecular weight is 538 g/mol. The van der Waals surface area contributed by atoms with Crippen molar-refractivity contribution in [3.63, 3.8) is 0 Å². The van der Waals surface area contributed by atoms with Gasteiger partial charge in [0.2, 0.25) is 5.95 Å². The van der Waals surface area contributed by atoms with Crippen LogP contribution >= 0.6 is 35.4 Å². The number of nitrogens with one attached hydrogen (secondary N) is 1. The first kappa shape index (κ1) is 26.0. The summed E-state index contributed by atoms with van der Waals surface area (Å²) < 4.78 is 0. The van der Waals surface area contributed by atoms with Gasteiger partial charge in [0, 0.05) is 64.1 Å². The lowest BCUT2D eigenvalue weighted by atomic mass is 10.3. The van der Waals surface area contributed by atoms with Gasteiger partial charge < -0.3 is 30.7 Å². The molecular formula is C24H34Cl2N8S. The molecule has 190 valence electrons. The minimum atomic E-state index is 0.305. The monoisotopic (exact) mass is 536 g/mol. The Morgan fingerprint density at radius 3 is 2.31 bits per heavy atom. The second kappa shape index (κ2) is 12.3. The summed E-state index contributed by atoms with van der Waals surface area (Å²) in [5.74, 6) is 2.76. The molecule has 0 amide bonds. The normalized spacial score (nSPS) is 15.8. The number of likely N-dealkylation sites (N-methyl/N-ethyl adjacent to an activating group) is 1. The minimum Gasteiger partial charge on any atom is -0.376 e. The molecule has 2 aliphatic rings. The van der Waals surface area contributed by atoms with E-state index in [2.05, 4.69) is 33.1 Å². The molecule has 2 fully saturated rings. The summed E-state index contributed by atoms with van der Waals surface area (Å²) in [6, 6.07) is 7.51. The molecule has 0 radical (unpaired) electrons. The molecule has 3 N–H and O–H groups in total. The van der Waals surface area contributed by atoms with E-state index in [1.807, 2.05) is 11.0 Å². The van der Waals surface area contributed by atoms with Crippen molar-refractivity contribution in [2.24, 2.45) is 5.73 Å². The Labute approximate surface area is 223 Å². The molecule has 0 spiro atoms. The number of benzene rings is 1. The fourth-order valence-electron chi connectivity index (χ4n) is 4.46. The summed E-state index contributed by atoms with van der Waals surface area (Å²) in [5, 5.41) is 4.81. The van der Waals surface area contributed by atoms with Crippen molar-refractivity contribution in [1.82, 2.24) is 14.9 Å². The van der Waals surface area contributed by atoms with Gasteiger partial charge in [-0.1, -0.05) is 23.2 Å². The SMILES string of the molecule is CN(CCNc1cc(N2CCCC2)nc(N2CCCC2)n1)CCN(C(N)=S)c1ccc(Cl)c(Cl)c1. The fourth-order valence-corrected chi connectivity index (χ4v) is 4.95. The van der Waals surface area contributed by atoms with Crippen molar-refractivity contribution >= 4 is 63.8 Å². The van der Waals surface area contributed by atoms with E-state index in [-0.39, 0.29) is 0 Å². The second-order valence-corrected chi connectivity index (χ2v) is 10.4. The van der Waals surface area contributed by atoms with Gasteiger partial charge in [0.25, 0.3) is 0 Å². The Balaban J connectivity index is 1.32. The summed E-state index contributed by atoms with van der Waals surface area (Å²) in [5.41, 5.74) is 6.82. The highest BCUT2D eigenvalue weighted by molar-refractivity contribution is 7.80. The van der Waals surface area contributed by atoms with Crippen LogP contribution in [-0.4, -0.2) is 79.4 Å². The van der Waals surface area contributed by atoms with Crippen LogP contribution in [0, 0.1) is 0 Å². The van der Waals surface area contributed by atoms with E-state index in [1.54, 1.807) is 12.1 Å². The average Bonchev–Trinajstić information content (AvgIpc) is 3.56. The van der Waals surface area contributed by atoms with E-state index in [4.69, 9.17) is 51.1 Å². The van der Waals surface area contributed by atoms with Gasteiger partial charge in [-0.3, -0.25) is 0 Å². The van der Waals surface area contributed by atoms with Crippen LogP contribution in [0.2, 0.25) is 10.0 Å². The van der Waals surface area contributed by atoms with Crippen LogP contribution in [0.4, 0.5) is 23.3 Å². The van der Waals surface area contributed by atoms with E-state index >= 15 is 0 Å². The van der Waals surface area contributed by atoms with E-state index < -0.39 is 0 Å². The maximum atomic E-state index is 6.18. The third-order valence-electron chi connectivity index (χ3n) is 6.51. The Kier molecular flexibility index (Phi) is 9.10. The maximum absolute atomic E-state index is 6.18. The predicted octanol–water partition coefficient (Wildman–Crippen LogP) is 4.08. The second-order valence-electron chi connectivity index (χ2n) is 9.12. The lowest BCUT2D eigenvalue weighted by Gasteiger charge is -2.26. The summed E-state index contributed by atoms with van der Waals surface area (Å²) in [6.07, 6.45) is 4.86. The first-order chi connectivity index (χ1) is 16.9. The lowest BCUT2D eigenvalue weighted by Crippen LogP contribution is -2.41. The largest absolute Gasteiger partial charge is 0.376 e. The molecular weight excluding hydrogens is 503 g/mol. The molecule has 0 bridgehead atoms. The number of anilines is 4. The lowest BCUT2D eigenvalue weighted by molar-refractivity contribution is 0.357. The van der Waals surface area contributed by atoms with Gasteiger partial charge in [-0.2, -0.15) is 9.97 Å². The standard InChI is InChI=1S/C24H34Cl2N8S/c1-31(14-15-34(23(27)35)18-6-7-19(25)20(26)16-18)13-8-28-21-17-22(32-9-2-3-10-32)30-24(29-21)33-11-4-5-12-33/h6-7,16-17H,2-5,8-15H2,1H3,(H2,27,35)(H,28,29,30). The van der Waals surface area contributed by atoms with E-state index in [0.29, 0.717) is 21.7 Å². The molecule has 0 unspecified atom stereocenters. The van der Waals surface area contributed by atoms with Gasteiger partial charge >= 0.3 is 0 Å². The topological polar surface area (TPSA) is 76.8 Å². The van der Waals surface area contributed by atoms with Crippen molar-refractivity contribution in [3.05, 3.63) is 34.3 Å². The van der Waals surface area contributed by atoms with Crippen molar-refractivity contribution < 1.29 is 0 Å². The molecule has 4 rings (SSSR count). The predicted molar refractivity (Wildman–Crippen MR) is 152 cm³/mol. The molecule has 0 aliphatic carbocycles. The minimum absolute atomic E-state index is 0.305. The number of nitrogens with zero attached hydrogens (tertiary/aromatic N) is 6. The van der Waals surface area contributed by atoms with Crippen LogP contribution in [0.5, 0.6) is 0 Å². The first-order valence-electron chi connectivity index (χ1n) is 12.2. The molecule has 3 heterocycles. The van der Waals surface area contributed by atoms with Gasteiger partial charge in [0.05, 0.1) is 10.0 Å². The first-order valence-corrected chi connectivity index (χ1v) is 13.4. The fraction of sp³-hybridized carbons (Fsp3) is 0.542. The third-order valence-corrected chi connectivity index (χ3v) is 7.47. The number of hydrogen-bond donors (Lipinski definition) is 2. The molecule has 8 nitrogen and oxygen atoms in total. The maximum Gasteiger partial charge on any atom is 0.229 e. The van der Waals surface area contributed by atoms with Crippen LogP contribution in [0.3, 0.4) is 0 Å². The number of rotatable bonds is 10. The van der Waals surface area contributed by atoms with Crippen LogP contribution in [0.1, 0.15) is 25.7 Å². The quantitative estimate of drug-likeness (QED) is 0.436. The van der Waals surface area contributed by atoms with Crippen molar-refractivity contribution in [1.29, 1.82) is 0 Å². The van der Waals surface area contributed by atoms with Gasteiger partial charge in [-0.25, -0.2) is 0 Å². The van der Waals surface area contributed by atoms with Crippen LogP contribution in [-0.2, 0) is 0 Å². The molecule has 2 aromatic rings. The van der Waals surface area contributed by atoms with Gasteiger partial charge in [-0.15, -0.1) is 0 Å². The van der Waals surface area contributed by atoms with Crippen LogP contribution < -0.4 is 25.8 Å². The number of hydrogen-bond acceptors (Lipinski definition) is 7. The molecule has 0 saturated carbocycles. The molecule has 0 atom stereocenters. The van der Waals surface area contributed by atoms with Crippen LogP contribution in [0.15, 0.2) is 24.3 Å². The molecule has 2 saturated heterocycles. The molecule has 2 aliphatic heterocycles. The zero-order chi connectivity index (χ0) is 24.8.